The average Bonchev–Trinajstić information content (AvgIpc) is 2.41. The van der Waals surface area contributed by atoms with Gasteiger partial charge in [-0.2, -0.15) is 63.2 Å². The lowest BCUT2D eigenvalue weighted by molar-refractivity contribution is -0.503. The predicted octanol–water partition coefficient (Wildman–Crippen LogP) is 3.00. The highest BCUT2D eigenvalue weighted by atomic mass is 19.4. The van der Waals surface area contributed by atoms with Gasteiger partial charge in [-0.05, 0) is 0 Å². The van der Waals surface area contributed by atoms with Crippen LogP contribution in [0.25, 0.3) is 0 Å². The quantitative estimate of drug-likeness (QED) is 0.683. The summed E-state index contributed by atoms with van der Waals surface area (Å²) >= 11 is 0. The van der Waals surface area contributed by atoms with Crippen molar-refractivity contribution in [2.45, 2.75) is 43.1 Å². The molecule has 4 N–H and O–H groups in total. The van der Waals surface area contributed by atoms with Gasteiger partial charge in [0, 0.05) is 12.8 Å². The number of aryl methyl sites for hydroxylation is 1. The van der Waals surface area contributed by atoms with Gasteiger partial charge in [-0.25, -0.2) is 0 Å². The van der Waals surface area contributed by atoms with Crippen molar-refractivity contribution >= 4 is 11.9 Å². The third kappa shape index (κ3) is 4.75. The SMILES string of the molecule is Nc1nc(N)nc(CCC(F)(F)C(F)(F)OC(F)(C(F)(F)F)C(F)(F)F)n1. The number of rotatable bonds is 6. The van der Waals surface area contributed by atoms with Crippen molar-refractivity contribution in [2.75, 3.05) is 11.5 Å². The Morgan fingerprint density at radius 1 is 0.704 bits per heavy atom. The fourth-order valence-corrected chi connectivity index (χ4v) is 1.51. The molecule has 0 aliphatic rings. The molecule has 0 bridgehead atoms. The van der Waals surface area contributed by atoms with Gasteiger partial charge in [0.25, 0.3) is 0 Å². The topological polar surface area (TPSA) is 99.9 Å². The number of alkyl halides is 11. The van der Waals surface area contributed by atoms with Crippen molar-refractivity contribution < 1.29 is 53.0 Å². The first-order valence-corrected chi connectivity index (χ1v) is 6.36. The summed E-state index contributed by atoms with van der Waals surface area (Å²) in [5, 5.41) is 0. The molecular formula is C10H8F11N5O. The maximum absolute atomic E-state index is 13.5. The van der Waals surface area contributed by atoms with E-state index in [1.165, 1.54) is 0 Å². The highest BCUT2D eigenvalue weighted by molar-refractivity contribution is 5.25. The minimum Gasteiger partial charge on any atom is -0.368 e. The molecule has 1 heterocycles. The molecule has 156 valence electrons. The van der Waals surface area contributed by atoms with Gasteiger partial charge in [0.15, 0.2) is 0 Å². The Kier molecular flexibility index (Phi) is 5.71. The van der Waals surface area contributed by atoms with Crippen LogP contribution in [0.5, 0.6) is 0 Å². The molecule has 0 aliphatic heterocycles. The zero-order valence-electron chi connectivity index (χ0n) is 12.5. The fraction of sp³-hybridized carbons (Fsp3) is 0.700. The van der Waals surface area contributed by atoms with E-state index in [4.69, 9.17) is 11.5 Å². The molecule has 0 aromatic carbocycles. The highest BCUT2D eigenvalue weighted by Gasteiger charge is 2.79. The minimum atomic E-state index is -7.12. The van der Waals surface area contributed by atoms with Gasteiger partial charge >= 0.3 is 30.2 Å². The lowest BCUT2D eigenvalue weighted by atomic mass is 10.1. The number of nitrogen functional groups attached to an aromatic ring is 2. The maximum atomic E-state index is 13.5. The van der Waals surface area contributed by atoms with Crippen LogP contribution in [0.4, 0.5) is 60.2 Å². The number of hydrogen-bond donors (Lipinski definition) is 2. The molecule has 1 aromatic rings. The van der Waals surface area contributed by atoms with Crippen LogP contribution in [-0.4, -0.2) is 45.2 Å². The molecule has 27 heavy (non-hydrogen) atoms. The molecule has 0 aliphatic carbocycles. The van der Waals surface area contributed by atoms with Gasteiger partial charge < -0.3 is 11.5 Å². The van der Waals surface area contributed by atoms with Crippen LogP contribution in [0.15, 0.2) is 0 Å². The van der Waals surface area contributed by atoms with E-state index in [1.807, 2.05) is 4.74 Å². The molecule has 1 aromatic heterocycles. The van der Waals surface area contributed by atoms with E-state index in [2.05, 4.69) is 15.0 Å². The maximum Gasteiger partial charge on any atom is 0.458 e. The van der Waals surface area contributed by atoms with Gasteiger partial charge in [0.2, 0.25) is 11.9 Å². The normalized spacial score (nSPS) is 14.5. The summed E-state index contributed by atoms with van der Waals surface area (Å²) in [5.41, 5.74) is 10.1. The summed E-state index contributed by atoms with van der Waals surface area (Å²) in [6.45, 7) is 0. The smallest absolute Gasteiger partial charge is 0.368 e. The summed E-state index contributed by atoms with van der Waals surface area (Å²) in [4.78, 5) is 9.59. The molecule has 0 unspecified atom stereocenters. The Labute approximate surface area is 141 Å². The van der Waals surface area contributed by atoms with Crippen molar-refractivity contribution in [3.05, 3.63) is 5.82 Å². The number of aromatic nitrogens is 3. The molecule has 17 heteroatoms. The molecule has 0 saturated carbocycles. The van der Waals surface area contributed by atoms with Crippen molar-refractivity contribution in [3.63, 3.8) is 0 Å². The number of hydrogen-bond acceptors (Lipinski definition) is 6. The van der Waals surface area contributed by atoms with Crippen molar-refractivity contribution in [3.8, 4) is 0 Å². The first-order valence-electron chi connectivity index (χ1n) is 6.36. The van der Waals surface area contributed by atoms with E-state index >= 15 is 0 Å². The lowest BCUT2D eigenvalue weighted by Crippen LogP contribution is -2.61. The fourth-order valence-electron chi connectivity index (χ4n) is 1.51. The summed E-state index contributed by atoms with van der Waals surface area (Å²) in [7, 11) is 0. The van der Waals surface area contributed by atoms with Crippen molar-refractivity contribution in [2.24, 2.45) is 0 Å². The van der Waals surface area contributed by atoms with Crippen LogP contribution < -0.4 is 11.5 Å². The zero-order valence-corrected chi connectivity index (χ0v) is 12.5. The molecule has 0 fully saturated rings. The van der Waals surface area contributed by atoms with Gasteiger partial charge in [0.05, 0.1) is 0 Å². The molecule has 0 saturated heterocycles. The summed E-state index contributed by atoms with van der Waals surface area (Å²) in [6.07, 6.45) is -24.2. The third-order valence-electron chi connectivity index (χ3n) is 2.80. The van der Waals surface area contributed by atoms with Crippen molar-refractivity contribution in [1.82, 2.24) is 15.0 Å². The third-order valence-corrected chi connectivity index (χ3v) is 2.80. The Morgan fingerprint density at radius 3 is 1.48 bits per heavy atom. The number of ether oxygens (including phenoxy) is 1. The van der Waals surface area contributed by atoms with E-state index in [0.717, 1.165) is 0 Å². The first kappa shape index (κ1) is 22.8. The number of nitrogens with two attached hydrogens (primary N) is 2. The number of anilines is 2. The second-order valence-corrected chi connectivity index (χ2v) is 4.88. The lowest BCUT2D eigenvalue weighted by Gasteiger charge is -2.35. The van der Waals surface area contributed by atoms with Crippen molar-refractivity contribution in [1.29, 1.82) is 0 Å². The Balaban J connectivity index is 3.08. The Hall–Kier alpha value is -2.20. The van der Waals surface area contributed by atoms with Gasteiger partial charge in [-0.3, -0.25) is 4.74 Å². The molecule has 0 radical (unpaired) electrons. The first-order chi connectivity index (χ1) is 11.8. The van der Waals surface area contributed by atoms with E-state index in [0.29, 0.717) is 0 Å². The molecule has 0 atom stereocenters. The molecular weight excluding hydrogens is 415 g/mol. The summed E-state index contributed by atoms with van der Waals surface area (Å²) < 4.78 is 142. The van der Waals surface area contributed by atoms with Crippen LogP contribution in [0.1, 0.15) is 12.2 Å². The van der Waals surface area contributed by atoms with E-state index in [1.54, 1.807) is 0 Å². The number of nitrogens with zero attached hydrogens (tertiary/aromatic N) is 3. The van der Waals surface area contributed by atoms with Crippen LogP contribution >= 0.6 is 0 Å². The zero-order chi connectivity index (χ0) is 21.5. The molecule has 1 rings (SSSR count). The van der Waals surface area contributed by atoms with Gasteiger partial charge in [-0.1, -0.05) is 0 Å². The largest absolute Gasteiger partial charge is 0.458 e. The molecule has 6 nitrogen and oxygen atoms in total. The van der Waals surface area contributed by atoms with Crippen LogP contribution in [-0.2, 0) is 11.2 Å². The summed E-state index contributed by atoms with van der Waals surface area (Å²) in [5.74, 6) is -14.7. The highest BCUT2D eigenvalue weighted by Crippen LogP contribution is 2.52. The second-order valence-electron chi connectivity index (χ2n) is 4.88. The van der Waals surface area contributed by atoms with Gasteiger partial charge in [0.1, 0.15) is 5.82 Å². The van der Waals surface area contributed by atoms with E-state index in [-0.39, 0.29) is 0 Å². The van der Waals surface area contributed by atoms with Gasteiger partial charge in [-0.15, -0.1) is 0 Å². The Bertz CT molecular complexity index is 640. The summed E-state index contributed by atoms with van der Waals surface area (Å²) in [6, 6.07) is 0. The minimum absolute atomic E-state index is 0.624. The predicted molar refractivity (Wildman–Crippen MR) is 63.9 cm³/mol. The van der Waals surface area contributed by atoms with Crippen LogP contribution in [0.2, 0.25) is 0 Å². The van der Waals surface area contributed by atoms with E-state index in [9.17, 15) is 48.3 Å². The molecule has 0 amide bonds. The van der Waals surface area contributed by atoms with E-state index < -0.39 is 60.8 Å². The Morgan fingerprint density at radius 2 is 1.11 bits per heavy atom. The average molecular weight is 423 g/mol. The number of halogens is 11. The van der Waals surface area contributed by atoms with Crippen LogP contribution in [0.3, 0.4) is 0 Å². The second kappa shape index (κ2) is 6.75. The standard InChI is InChI=1S/C10H8F11N5O/c11-6(12,2-1-3-24-4(22)26-5(23)25-3)10(20,21)27-7(13,8(14,15)16)9(17,18)19/h1-2H2,(H4,22,23,24,25,26). The molecule has 0 spiro atoms. The monoisotopic (exact) mass is 423 g/mol. The van der Waals surface area contributed by atoms with Crippen LogP contribution in [0, 0.1) is 0 Å².